The van der Waals surface area contributed by atoms with E-state index in [1.807, 2.05) is 12.2 Å². The number of fused-ring (bicyclic) bond motifs is 1. The van der Waals surface area contributed by atoms with Crippen LogP contribution in [0, 0.1) is 11.8 Å². The van der Waals surface area contributed by atoms with Crippen molar-refractivity contribution >= 4 is 35.4 Å². The fourth-order valence-electron chi connectivity index (χ4n) is 5.81. The molecule has 35 heavy (non-hydrogen) atoms. The molecule has 6 unspecified atom stereocenters. The van der Waals surface area contributed by atoms with Gasteiger partial charge in [0.2, 0.25) is 17.4 Å². The molecule has 192 valence electrons. The number of aliphatic hydroxyl groups excluding tert-OH is 1. The maximum Gasteiger partial charge on any atom is 0.340 e. The molecular weight excluding hydrogens is 476 g/mol. The van der Waals surface area contributed by atoms with Crippen LogP contribution < -0.4 is 5.32 Å². The normalized spacial score (nSPS) is 34.3. The Bertz CT molecular complexity index is 937. The summed E-state index contributed by atoms with van der Waals surface area (Å²) in [5, 5.41) is 12.6. The molecule has 0 radical (unpaired) electrons. The molecule has 0 saturated carbocycles. The number of aliphatic hydroxyl groups is 1. The standard InChI is InChI=1S/C25H33ClN2O7/c1-24-17(13-14-26)22(32)27-25(24,23(33)35-24)21(16-8-4-2-5-9-16)34-20(31)10-6-3-7-15-28-18(29)11-12-19(28)30/h4,8,11-12,16-18,21,29H,2-3,5-7,9-10,13-15H2,1H3,(H,27,32). The Balaban J connectivity index is 1.40. The molecule has 0 aromatic carbocycles. The first-order valence-electron chi connectivity index (χ1n) is 12.4. The molecule has 6 atom stereocenters. The van der Waals surface area contributed by atoms with Crippen LogP contribution in [0.25, 0.3) is 0 Å². The zero-order chi connectivity index (χ0) is 25.2. The van der Waals surface area contributed by atoms with Crippen molar-refractivity contribution in [2.75, 3.05) is 12.4 Å². The largest absolute Gasteiger partial charge is 0.458 e. The number of hydrogen-bond acceptors (Lipinski definition) is 7. The highest BCUT2D eigenvalue weighted by atomic mass is 35.5. The van der Waals surface area contributed by atoms with Crippen LogP contribution in [0.3, 0.4) is 0 Å². The molecule has 4 aliphatic rings. The van der Waals surface area contributed by atoms with Crippen molar-refractivity contribution in [2.45, 2.75) is 81.8 Å². The summed E-state index contributed by atoms with van der Waals surface area (Å²) in [6, 6.07) is 0. The van der Waals surface area contributed by atoms with E-state index < -0.39 is 41.3 Å². The first-order chi connectivity index (χ1) is 16.7. The maximum atomic E-state index is 12.9. The molecule has 3 heterocycles. The molecule has 3 aliphatic heterocycles. The Morgan fingerprint density at radius 2 is 2.11 bits per heavy atom. The lowest BCUT2D eigenvalue weighted by Crippen LogP contribution is -2.80. The van der Waals surface area contributed by atoms with Gasteiger partial charge in [-0.25, -0.2) is 4.79 Å². The van der Waals surface area contributed by atoms with E-state index in [0.717, 1.165) is 19.3 Å². The summed E-state index contributed by atoms with van der Waals surface area (Å²) in [7, 11) is 0. The van der Waals surface area contributed by atoms with Crippen molar-refractivity contribution in [3.63, 3.8) is 0 Å². The van der Waals surface area contributed by atoms with Gasteiger partial charge in [0, 0.05) is 30.8 Å². The zero-order valence-corrected chi connectivity index (χ0v) is 20.7. The van der Waals surface area contributed by atoms with E-state index >= 15 is 0 Å². The highest BCUT2D eigenvalue weighted by Gasteiger charge is 2.80. The molecule has 0 aromatic heterocycles. The van der Waals surface area contributed by atoms with Crippen molar-refractivity contribution in [1.82, 2.24) is 10.2 Å². The zero-order valence-electron chi connectivity index (χ0n) is 19.9. The number of halogens is 1. The van der Waals surface area contributed by atoms with Gasteiger partial charge in [0.1, 0.15) is 12.3 Å². The summed E-state index contributed by atoms with van der Waals surface area (Å²) < 4.78 is 11.5. The number of unbranched alkanes of at least 4 members (excludes halogenated alkanes) is 2. The third-order valence-electron chi connectivity index (χ3n) is 7.77. The highest BCUT2D eigenvalue weighted by molar-refractivity contribution is 6.18. The number of carbonyl (C=O) groups is 4. The Kier molecular flexibility index (Phi) is 7.57. The van der Waals surface area contributed by atoms with Gasteiger partial charge in [0.15, 0.2) is 5.60 Å². The minimum Gasteiger partial charge on any atom is -0.458 e. The van der Waals surface area contributed by atoms with Crippen LogP contribution in [0.1, 0.15) is 58.3 Å². The first-order valence-corrected chi connectivity index (χ1v) is 12.9. The lowest BCUT2D eigenvalue weighted by Gasteiger charge is -2.55. The summed E-state index contributed by atoms with van der Waals surface area (Å²) in [5.41, 5.74) is -2.56. The number of alkyl halides is 1. The Hall–Kier alpha value is -2.39. The van der Waals surface area contributed by atoms with Gasteiger partial charge in [-0.15, -0.1) is 11.6 Å². The van der Waals surface area contributed by atoms with Crippen LogP contribution >= 0.6 is 11.6 Å². The number of rotatable bonds is 11. The summed E-state index contributed by atoms with van der Waals surface area (Å²) in [6.07, 6.45) is 9.88. The number of allylic oxidation sites excluding steroid dienone is 1. The van der Waals surface area contributed by atoms with Crippen LogP contribution in [-0.4, -0.2) is 69.7 Å². The van der Waals surface area contributed by atoms with E-state index in [1.165, 1.54) is 17.1 Å². The summed E-state index contributed by atoms with van der Waals surface area (Å²) >= 11 is 5.92. The second kappa shape index (κ2) is 10.3. The van der Waals surface area contributed by atoms with E-state index in [0.29, 0.717) is 32.2 Å². The van der Waals surface area contributed by atoms with Crippen LogP contribution in [0.15, 0.2) is 24.3 Å². The molecule has 0 spiro atoms. The molecule has 0 aromatic rings. The van der Waals surface area contributed by atoms with Gasteiger partial charge in [-0.2, -0.15) is 0 Å². The van der Waals surface area contributed by atoms with Gasteiger partial charge in [-0.05, 0) is 51.5 Å². The first kappa shape index (κ1) is 25.7. The average molecular weight is 509 g/mol. The Labute approximate surface area is 209 Å². The molecule has 2 amide bonds. The van der Waals surface area contributed by atoms with Crippen LogP contribution in [0.2, 0.25) is 0 Å². The lowest BCUT2D eigenvalue weighted by molar-refractivity contribution is -0.241. The van der Waals surface area contributed by atoms with E-state index in [1.54, 1.807) is 6.92 Å². The predicted octanol–water partition coefficient (Wildman–Crippen LogP) is 1.96. The second-order valence-corrected chi connectivity index (χ2v) is 10.3. The molecule has 2 saturated heterocycles. The quantitative estimate of drug-likeness (QED) is 0.189. The Morgan fingerprint density at radius 3 is 2.74 bits per heavy atom. The van der Waals surface area contributed by atoms with Gasteiger partial charge < -0.3 is 24.8 Å². The van der Waals surface area contributed by atoms with Crippen molar-refractivity contribution < 1.29 is 33.8 Å². The maximum absolute atomic E-state index is 12.9. The molecule has 2 fully saturated rings. The van der Waals surface area contributed by atoms with E-state index in [2.05, 4.69) is 5.32 Å². The molecular formula is C25H33ClN2O7. The van der Waals surface area contributed by atoms with Crippen LogP contribution in [0.4, 0.5) is 0 Å². The molecule has 9 nitrogen and oxygen atoms in total. The van der Waals surface area contributed by atoms with Gasteiger partial charge in [0.25, 0.3) is 0 Å². The van der Waals surface area contributed by atoms with Crippen molar-refractivity contribution in [3.05, 3.63) is 24.3 Å². The highest BCUT2D eigenvalue weighted by Crippen LogP contribution is 2.54. The number of esters is 2. The number of nitrogens with one attached hydrogen (secondary N) is 1. The van der Waals surface area contributed by atoms with Gasteiger partial charge >= 0.3 is 11.9 Å². The SMILES string of the molecule is CC12OC(=O)C1(C(OC(=O)CCCCCN1C(=O)C=CC1O)C1C=CCCC1)NC(=O)C2CCCl. The van der Waals surface area contributed by atoms with Gasteiger partial charge in [-0.3, -0.25) is 14.4 Å². The van der Waals surface area contributed by atoms with E-state index in [4.69, 9.17) is 21.1 Å². The predicted molar refractivity (Wildman–Crippen MR) is 126 cm³/mol. The van der Waals surface area contributed by atoms with Crippen molar-refractivity contribution in [2.24, 2.45) is 11.8 Å². The fraction of sp³-hybridized carbons (Fsp3) is 0.680. The number of carbonyl (C=O) groups excluding carboxylic acids is 4. The van der Waals surface area contributed by atoms with E-state index in [9.17, 15) is 24.3 Å². The molecule has 10 heteroatoms. The fourth-order valence-corrected chi connectivity index (χ4v) is 6.02. The topological polar surface area (TPSA) is 122 Å². The summed E-state index contributed by atoms with van der Waals surface area (Å²) in [6.45, 7) is 2.12. The molecule has 4 rings (SSSR count). The van der Waals surface area contributed by atoms with Crippen LogP contribution in [-0.2, 0) is 28.7 Å². The van der Waals surface area contributed by atoms with Gasteiger partial charge in [-0.1, -0.05) is 18.6 Å². The third-order valence-corrected chi connectivity index (χ3v) is 7.99. The minimum atomic E-state index is -1.43. The number of ether oxygens (including phenoxy) is 2. The van der Waals surface area contributed by atoms with Crippen LogP contribution in [0.5, 0.6) is 0 Å². The second-order valence-electron chi connectivity index (χ2n) is 9.87. The number of amides is 2. The third kappa shape index (κ3) is 4.48. The Morgan fingerprint density at radius 1 is 1.31 bits per heavy atom. The summed E-state index contributed by atoms with van der Waals surface area (Å²) in [5.74, 6) is -2.14. The van der Waals surface area contributed by atoms with Crippen molar-refractivity contribution in [3.8, 4) is 0 Å². The number of hydrogen-bond donors (Lipinski definition) is 2. The van der Waals surface area contributed by atoms with E-state index in [-0.39, 0.29) is 30.0 Å². The monoisotopic (exact) mass is 508 g/mol. The molecule has 2 N–H and O–H groups in total. The average Bonchev–Trinajstić information content (AvgIpc) is 3.24. The van der Waals surface area contributed by atoms with Gasteiger partial charge in [0.05, 0.1) is 5.92 Å². The number of nitrogens with zero attached hydrogens (tertiary/aromatic N) is 1. The molecule has 0 bridgehead atoms. The minimum absolute atomic E-state index is 0.141. The lowest BCUT2D eigenvalue weighted by atomic mass is 9.64. The smallest absolute Gasteiger partial charge is 0.340 e. The van der Waals surface area contributed by atoms with Crippen molar-refractivity contribution in [1.29, 1.82) is 0 Å². The summed E-state index contributed by atoms with van der Waals surface area (Å²) in [4.78, 5) is 51.7. The molecule has 1 aliphatic carbocycles.